The van der Waals surface area contributed by atoms with Gasteiger partial charge in [0.25, 0.3) is 5.91 Å². The Balaban J connectivity index is 2.31. The molecule has 3 nitrogen and oxygen atoms in total. The molecule has 0 spiro atoms. The summed E-state index contributed by atoms with van der Waals surface area (Å²) in [7, 11) is 2.03. The molecule has 5 heteroatoms. The molecule has 15 heavy (non-hydrogen) atoms. The average molecular weight is 244 g/mol. The van der Waals surface area contributed by atoms with E-state index in [4.69, 9.17) is 0 Å². The van der Waals surface area contributed by atoms with E-state index in [-0.39, 0.29) is 5.91 Å². The molecule has 1 rings (SSSR count). The molecule has 1 aromatic rings. The number of nitrogens with zero attached hydrogens (tertiary/aromatic N) is 1. The standard InChI is InChI=1S/C10H16N2OS2/c1-3-12(2)5-4-11-10(13)9-6-8(14)7-15-9/h6-7,14H,3-5H2,1-2H3,(H,11,13). The number of thiophene rings is 1. The Hall–Kier alpha value is -0.520. The van der Waals surface area contributed by atoms with Crippen LogP contribution in [-0.4, -0.2) is 37.5 Å². The van der Waals surface area contributed by atoms with Gasteiger partial charge in [0.2, 0.25) is 0 Å². The van der Waals surface area contributed by atoms with Crippen LogP contribution in [0.3, 0.4) is 0 Å². The van der Waals surface area contributed by atoms with Crippen molar-refractivity contribution < 1.29 is 4.79 Å². The van der Waals surface area contributed by atoms with Gasteiger partial charge in [0.1, 0.15) is 0 Å². The van der Waals surface area contributed by atoms with E-state index in [0.29, 0.717) is 6.54 Å². The van der Waals surface area contributed by atoms with Crippen LogP contribution in [0.4, 0.5) is 0 Å². The predicted octanol–water partition coefficient (Wildman–Crippen LogP) is 1.72. The van der Waals surface area contributed by atoms with Crippen molar-refractivity contribution in [2.24, 2.45) is 0 Å². The second-order valence-electron chi connectivity index (χ2n) is 3.32. The summed E-state index contributed by atoms with van der Waals surface area (Å²) < 4.78 is 0. The van der Waals surface area contributed by atoms with Gasteiger partial charge in [-0.2, -0.15) is 0 Å². The largest absolute Gasteiger partial charge is 0.350 e. The van der Waals surface area contributed by atoms with E-state index in [9.17, 15) is 4.79 Å². The van der Waals surface area contributed by atoms with Crippen LogP contribution >= 0.6 is 24.0 Å². The zero-order valence-electron chi connectivity index (χ0n) is 8.99. The summed E-state index contributed by atoms with van der Waals surface area (Å²) in [6.07, 6.45) is 0. The Morgan fingerprint density at radius 3 is 2.93 bits per heavy atom. The molecule has 1 aromatic heterocycles. The van der Waals surface area contributed by atoms with E-state index in [2.05, 4.69) is 29.8 Å². The lowest BCUT2D eigenvalue weighted by Gasteiger charge is -2.13. The van der Waals surface area contributed by atoms with Crippen molar-refractivity contribution in [1.29, 1.82) is 0 Å². The van der Waals surface area contributed by atoms with Gasteiger partial charge in [0, 0.05) is 23.4 Å². The third-order valence-corrected chi connectivity index (χ3v) is 3.49. The van der Waals surface area contributed by atoms with Gasteiger partial charge in [0.15, 0.2) is 0 Å². The first-order valence-electron chi connectivity index (χ1n) is 4.87. The number of carbonyl (C=O) groups is 1. The van der Waals surface area contributed by atoms with Crippen molar-refractivity contribution in [3.63, 3.8) is 0 Å². The van der Waals surface area contributed by atoms with Crippen LogP contribution < -0.4 is 5.32 Å². The maximum absolute atomic E-state index is 11.6. The molecule has 0 unspecified atom stereocenters. The van der Waals surface area contributed by atoms with E-state index in [1.165, 1.54) is 11.3 Å². The van der Waals surface area contributed by atoms with E-state index in [1.54, 1.807) is 6.07 Å². The highest BCUT2D eigenvalue weighted by Crippen LogP contribution is 2.16. The molecular formula is C10H16N2OS2. The van der Waals surface area contributed by atoms with Crippen LogP contribution in [0, 0.1) is 0 Å². The predicted molar refractivity (Wildman–Crippen MR) is 67.1 cm³/mol. The summed E-state index contributed by atoms with van der Waals surface area (Å²) in [4.78, 5) is 15.3. The van der Waals surface area contributed by atoms with Crippen LogP contribution in [0.15, 0.2) is 16.3 Å². The van der Waals surface area contributed by atoms with Gasteiger partial charge in [-0.25, -0.2) is 0 Å². The number of thiol groups is 1. The SMILES string of the molecule is CCN(C)CCNC(=O)c1cc(S)cs1. The van der Waals surface area contributed by atoms with Gasteiger partial charge in [-0.1, -0.05) is 6.92 Å². The van der Waals surface area contributed by atoms with Gasteiger partial charge in [-0.05, 0) is 19.7 Å². The van der Waals surface area contributed by atoms with E-state index < -0.39 is 0 Å². The van der Waals surface area contributed by atoms with Crippen LogP contribution in [-0.2, 0) is 0 Å². The van der Waals surface area contributed by atoms with Gasteiger partial charge >= 0.3 is 0 Å². The van der Waals surface area contributed by atoms with E-state index in [0.717, 1.165) is 22.9 Å². The quantitative estimate of drug-likeness (QED) is 0.773. The molecule has 0 saturated carbocycles. The molecule has 0 atom stereocenters. The highest BCUT2D eigenvalue weighted by atomic mass is 32.1. The third kappa shape index (κ3) is 4.24. The summed E-state index contributed by atoms with van der Waals surface area (Å²) in [5.41, 5.74) is 0. The number of hydrogen-bond donors (Lipinski definition) is 2. The molecule has 0 aromatic carbocycles. The van der Waals surface area contributed by atoms with Crippen molar-refractivity contribution in [3.8, 4) is 0 Å². The molecule has 0 bridgehead atoms. The van der Waals surface area contributed by atoms with Crippen molar-refractivity contribution in [3.05, 3.63) is 16.3 Å². The first-order valence-corrected chi connectivity index (χ1v) is 6.20. The Labute approximate surface area is 99.9 Å². The fraction of sp³-hybridized carbons (Fsp3) is 0.500. The molecular weight excluding hydrogens is 228 g/mol. The minimum atomic E-state index is -0.00944. The van der Waals surface area contributed by atoms with Crippen molar-refractivity contribution in [2.75, 3.05) is 26.7 Å². The molecule has 84 valence electrons. The van der Waals surface area contributed by atoms with E-state index >= 15 is 0 Å². The molecule has 0 saturated heterocycles. The number of rotatable bonds is 5. The minimum absolute atomic E-state index is 0.00944. The number of nitrogens with one attached hydrogen (secondary N) is 1. The Kier molecular flexibility index (Phi) is 5.14. The summed E-state index contributed by atoms with van der Waals surface area (Å²) in [6, 6.07) is 1.78. The summed E-state index contributed by atoms with van der Waals surface area (Å²) in [5.74, 6) is -0.00944. The number of likely N-dealkylation sites (N-methyl/N-ethyl adjacent to an activating group) is 1. The fourth-order valence-corrected chi connectivity index (χ4v) is 2.12. The number of amides is 1. The highest BCUT2D eigenvalue weighted by molar-refractivity contribution is 7.80. The summed E-state index contributed by atoms with van der Waals surface area (Å²) in [6.45, 7) is 4.65. The van der Waals surface area contributed by atoms with Crippen LogP contribution in [0.25, 0.3) is 0 Å². The van der Waals surface area contributed by atoms with Crippen molar-refractivity contribution in [2.45, 2.75) is 11.8 Å². The second kappa shape index (κ2) is 6.15. The Bertz CT molecular complexity index is 325. The molecule has 1 heterocycles. The summed E-state index contributed by atoms with van der Waals surface area (Å²) in [5, 5.41) is 4.73. The molecule has 0 aliphatic carbocycles. The van der Waals surface area contributed by atoms with Gasteiger partial charge < -0.3 is 10.2 Å². The van der Waals surface area contributed by atoms with E-state index in [1.807, 2.05) is 12.4 Å². The van der Waals surface area contributed by atoms with Gasteiger partial charge in [-0.15, -0.1) is 24.0 Å². The molecule has 0 aliphatic rings. The fourth-order valence-electron chi connectivity index (χ4n) is 1.05. The monoisotopic (exact) mass is 244 g/mol. The topological polar surface area (TPSA) is 32.3 Å². The lowest BCUT2D eigenvalue weighted by molar-refractivity contribution is 0.0954. The number of hydrogen-bond acceptors (Lipinski definition) is 4. The first kappa shape index (κ1) is 12.5. The molecule has 1 amide bonds. The van der Waals surface area contributed by atoms with Crippen molar-refractivity contribution >= 4 is 29.9 Å². The normalized spacial score (nSPS) is 10.7. The number of carbonyl (C=O) groups excluding carboxylic acids is 1. The lowest BCUT2D eigenvalue weighted by atomic mass is 10.4. The molecule has 0 aliphatic heterocycles. The Morgan fingerprint density at radius 1 is 1.67 bits per heavy atom. The molecule has 1 N–H and O–H groups in total. The molecule has 0 radical (unpaired) electrons. The lowest BCUT2D eigenvalue weighted by Crippen LogP contribution is -2.32. The Morgan fingerprint density at radius 2 is 2.40 bits per heavy atom. The van der Waals surface area contributed by atoms with Crippen LogP contribution in [0.5, 0.6) is 0 Å². The minimum Gasteiger partial charge on any atom is -0.350 e. The van der Waals surface area contributed by atoms with Crippen molar-refractivity contribution in [1.82, 2.24) is 10.2 Å². The van der Waals surface area contributed by atoms with Crippen LogP contribution in [0.1, 0.15) is 16.6 Å². The average Bonchev–Trinajstić information content (AvgIpc) is 2.64. The maximum Gasteiger partial charge on any atom is 0.261 e. The zero-order valence-corrected chi connectivity index (χ0v) is 10.7. The van der Waals surface area contributed by atoms with Gasteiger partial charge in [0.05, 0.1) is 4.88 Å². The highest BCUT2D eigenvalue weighted by Gasteiger charge is 2.07. The smallest absolute Gasteiger partial charge is 0.261 e. The third-order valence-electron chi connectivity index (χ3n) is 2.13. The van der Waals surface area contributed by atoms with Gasteiger partial charge in [-0.3, -0.25) is 4.79 Å². The zero-order chi connectivity index (χ0) is 11.3. The maximum atomic E-state index is 11.6. The summed E-state index contributed by atoms with van der Waals surface area (Å²) >= 11 is 5.58. The first-order chi connectivity index (χ1) is 7.13. The molecule has 0 fully saturated rings. The second-order valence-corrected chi connectivity index (χ2v) is 4.75. The van der Waals surface area contributed by atoms with Crippen LogP contribution in [0.2, 0.25) is 0 Å².